The Bertz CT molecular complexity index is 656. The van der Waals surface area contributed by atoms with Gasteiger partial charge >= 0.3 is 6.08 Å². The topological polar surface area (TPSA) is 41.1 Å². The van der Waals surface area contributed by atoms with Gasteiger partial charge in [0.05, 0.1) is 0 Å². The molecule has 0 heterocycles. The van der Waals surface area contributed by atoms with Crippen molar-refractivity contribution in [2.75, 3.05) is 0 Å². The fourth-order valence-corrected chi connectivity index (χ4v) is 1.85. The number of hydrogen-bond acceptors (Lipinski definition) is 2. The molecule has 114 valence electrons. The third-order valence-electron chi connectivity index (χ3n) is 2.93. The van der Waals surface area contributed by atoms with E-state index in [2.05, 4.69) is 10.9 Å². The Kier molecular flexibility index (Phi) is 5.32. The summed E-state index contributed by atoms with van der Waals surface area (Å²) in [5.74, 6) is -2.19. The van der Waals surface area contributed by atoms with E-state index in [1.807, 2.05) is 0 Å². The zero-order chi connectivity index (χ0) is 15.9. The van der Waals surface area contributed by atoms with Gasteiger partial charge in [0.15, 0.2) is 5.83 Å². The van der Waals surface area contributed by atoms with Crippen molar-refractivity contribution in [3.63, 3.8) is 0 Å². The van der Waals surface area contributed by atoms with Crippen molar-refractivity contribution in [1.82, 2.24) is 10.9 Å². The van der Waals surface area contributed by atoms with Crippen LogP contribution >= 0.6 is 0 Å². The van der Waals surface area contributed by atoms with E-state index in [1.54, 1.807) is 48.5 Å². The van der Waals surface area contributed by atoms with E-state index in [0.717, 1.165) is 0 Å². The lowest BCUT2D eigenvalue weighted by molar-refractivity contribution is 0.0925. The van der Waals surface area contributed by atoms with Crippen molar-refractivity contribution in [2.24, 2.45) is 0 Å². The van der Waals surface area contributed by atoms with E-state index in [0.29, 0.717) is 5.56 Å². The molecule has 1 atom stereocenters. The fraction of sp³-hybridized carbons (Fsp3) is 0.0625. The van der Waals surface area contributed by atoms with E-state index in [4.69, 9.17) is 0 Å². The van der Waals surface area contributed by atoms with E-state index in [9.17, 15) is 18.0 Å². The zero-order valence-corrected chi connectivity index (χ0v) is 11.4. The van der Waals surface area contributed by atoms with E-state index in [1.165, 1.54) is 12.1 Å². The van der Waals surface area contributed by atoms with Crippen molar-refractivity contribution in [3.05, 3.63) is 83.7 Å². The Morgan fingerprint density at radius 3 is 1.95 bits per heavy atom. The smallest absolute Gasteiger partial charge is 0.286 e. The number of halogens is 3. The van der Waals surface area contributed by atoms with E-state index < -0.39 is 23.9 Å². The highest BCUT2D eigenvalue weighted by Gasteiger charge is 2.22. The number of hydrogen-bond donors (Lipinski definition) is 2. The molecule has 0 saturated carbocycles. The first-order chi connectivity index (χ1) is 10.6. The summed E-state index contributed by atoms with van der Waals surface area (Å²) in [5.41, 5.74) is 5.13. The lowest BCUT2D eigenvalue weighted by Crippen LogP contribution is -2.40. The second-order valence-electron chi connectivity index (χ2n) is 4.42. The molecule has 22 heavy (non-hydrogen) atoms. The summed E-state index contributed by atoms with van der Waals surface area (Å²) in [4.78, 5) is 11.9. The van der Waals surface area contributed by atoms with Gasteiger partial charge < -0.3 is 0 Å². The second-order valence-corrected chi connectivity index (χ2v) is 4.42. The maximum absolute atomic E-state index is 13.6. The van der Waals surface area contributed by atoms with Crippen LogP contribution in [0.15, 0.2) is 72.6 Å². The molecule has 0 spiro atoms. The van der Waals surface area contributed by atoms with Gasteiger partial charge in [0.1, 0.15) is 6.04 Å². The largest absolute Gasteiger partial charge is 0.303 e. The Labute approximate surface area is 125 Å². The monoisotopic (exact) mass is 306 g/mol. The molecular formula is C16H13F3N2O. The quantitative estimate of drug-likeness (QED) is 0.826. The summed E-state index contributed by atoms with van der Waals surface area (Å²) < 4.78 is 38.8. The van der Waals surface area contributed by atoms with Crippen LogP contribution in [0.3, 0.4) is 0 Å². The van der Waals surface area contributed by atoms with Gasteiger partial charge in [-0.25, -0.2) is 9.82 Å². The lowest BCUT2D eigenvalue weighted by Gasteiger charge is -2.17. The van der Waals surface area contributed by atoms with Gasteiger partial charge in [0, 0.05) is 5.56 Å². The maximum atomic E-state index is 13.6. The molecular weight excluding hydrogens is 293 g/mol. The molecule has 0 aromatic heterocycles. The Morgan fingerprint density at radius 2 is 1.41 bits per heavy atom. The summed E-state index contributed by atoms with van der Waals surface area (Å²) in [6, 6.07) is 14.5. The van der Waals surface area contributed by atoms with Crippen molar-refractivity contribution >= 4 is 5.91 Å². The number of benzene rings is 2. The standard InChI is InChI=1S/C16H13F3N2O/c17-13(15(18)19)14(11-7-3-1-4-8-11)20-21-16(22)12-9-5-2-6-10-12/h1-10,14,20H,(H,21,22). The highest BCUT2D eigenvalue weighted by molar-refractivity contribution is 5.93. The number of hydrazine groups is 1. The third kappa shape index (κ3) is 3.95. The van der Waals surface area contributed by atoms with Gasteiger partial charge in [-0.1, -0.05) is 48.5 Å². The van der Waals surface area contributed by atoms with Crippen molar-refractivity contribution < 1.29 is 18.0 Å². The van der Waals surface area contributed by atoms with Gasteiger partial charge in [0.2, 0.25) is 0 Å². The Morgan fingerprint density at radius 1 is 0.864 bits per heavy atom. The number of amides is 1. The van der Waals surface area contributed by atoms with Crippen LogP contribution in [0.4, 0.5) is 13.2 Å². The first kappa shape index (κ1) is 15.8. The molecule has 2 rings (SSSR count). The van der Waals surface area contributed by atoms with Gasteiger partial charge in [-0.05, 0) is 17.7 Å². The van der Waals surface area contributed by atoms with Crippen LogP contribution in [0, 0.1) is 0 Å². The van der Waals surface area contributed by atoms with E-state index >= 15 is 0 Å². The Hall–Kier alpha value is -2.60. The summed E-state index contributed by atoms with van der Waals surface area (Å²) in [6.07, 6.45) is -2.43. The van der Waals surface area contributed by atoms with Gasteiger partial charge in [-0.3, -0.25) is 10.2 Å². The molecule has 0 saturated heterocycles. The first-order valence-corrected chi connectivity index (χ1v) is 6.46. The molecule has 2 aromatic carbocycles. The molecule has 0 aliphatic rings. The maximum Gasteiger partial charge on any atom is 0.303 e. The molecule has 3 nitrogen and oxygen atoms in total. The third-order valence-corrected chi connectivity index (χ3v) is 2.93. The van der Waals surface area contributed by atoms with Gasteiger partial charge in [0.25, 0.3) is 5.91 Å². The number of nitrogens with one attached hydrogen (secondary N) is 2. The average Bonchev–Trinajstić information content (AvgIpc) is 2.56. The Balaban J connectivity index is 2.15. The molecule has 0 radical (unpaired) electrons. The molecule has 1 unspecified atom stereocenters. The van der Waals surface area contributed by atoms with Crippen molar-refractivity contribution in [3.8, 4) is 0 Å². The summed E-state index contributed by atoms with van der Waals surface area (Å²) in [6.45, 7) is 0. The number of carbonyl (C=O) groups is 1. The van der Waals surface area contributed by atoms with Crippen LogP contribution in [0.5, 0.6) is 0 Å². The lowest BCUT2D eigenvalue weighted by atomic mass is 10.1. The van der Waals surface area contributed by atoms with Crippen LogP contribution in [0.1, 0.15) is 22.0 Å². The fourth-order valence-electron chi connectivity index (χ4n) is 1.85. The van der Waals surface area contributed by atoms with E-state index in [-0.39, 0.29) is 5.56 Å². The predicted molar refractivity (Wildman–Crippen MR) is 76.6 cm³/mol. The molecule has 0 bridgehead atoms. The van der Waals surface area contributed by atoms with Crippen LogP contribution in [-0.2, 0) is 0 Å². The van der Waals surface area contributed by atoms with Gasteiger partial charge in [-0.2, -0.15) is 8.78 Å². The summed E-state index contributed by atoms with van der Waals surface area (Å²) in [7, 11) is 0. The summed E-state index contributed by atoms with van der Waals surface area (Å²) in [5, 5.41) is 0. The molecule has 0 aliphatic heterocycles. The van der Waals surface area contributed by atoms with Crippen molar-refractivity contribution in [1.29, 1.82) is 0 Å². The van der Waals surface area contributed by atoms with Crippen LogP contribution in [0.2, 0.25) is 0 Å². The van der Waals surface area contributed by atoms with Gasteiger partial charge in [-0.15, -0.1) is 0 Å². The highest BCUT2D eigenvalue weighted by Crippen LogP contribution is 2.26. The highest BCUT2D eigenvalue weighted by atomic mass is 19.3. The average molecular weight is 306 g/mol. The molecule has 1 amide bonds. The van der Waals surface area contributed by atoms with Crippen LogP contribution in [-0.4, -0.2) is 5.91 Å². The number of rotatable bonds is 5. The first-order valence-electron chi connectivity index (χ1n) is 6.46. The van der Waals surface area contributed by atoms with Crippen molar-refractivity contribution in [2.45, 2.75) is 6.04 Å². The SMILES string of the molecule is O=C(NNC(C(F)=C(F)F)c1ccccc1)c1ccccc1. The normalized spacial score (nSPS) is 11.6. The predicted octanol–water partition coefficient (Wildman–Crippen LogP) is 3.74. The summed E-state index contributed by atoms with van der Waals surface area (Å²) >= 11 is 0. The van der Waals surface area contributed by atoms with Crippen LogP contribution < -0.4 is 10.9 Å². The second kappa shape index (κ2) is 7.42. The molecule has 2 aromatic rings. The molecule has 2 N–H and O–H groups in total. The molecule has 0 fully saturated rings. The minimum Gasteiger partial charge on any atom is -0.286 e. The van der Waals surface area contributed by atoms with Crippen LogP contribution in [0.25, 0.3) is 0 Å². The molecule has 0 aliphatic carbocycles. The minimum atomic E-state index is -2.43. The molecule has 6 heteroatoms. The minimum absolute atomic E-state index is 0.265. The zero-order valence-electron chi connectivity index (χ0n) is 11.4. The number of carbonyl (C=O) groups excluding carboxylic acids is 1.